The molecule has 0 saturated heterocycles. The van der Waals surface area contributed by atoms with Crippen molar-refractivity contribution in [3.05, 3.63) is 48.0 Å². The quantitative estimate of drug-likeness (QED) is 0.351. The molecule has 2 aromatic heterocycles. The SMILES string of the molecule is CCC1(CCNCCCSc2nnc(-c3ocnc3C)n2C)C[C@H]1c1ccccc1. The number of nitrogens with zero attached hydrogens (tertiary/aromatic N) is 4. The maximum Gasteiger partial charge on any atom is 0.202 e. The number of hydrogen-bond donors (Lipinski definition) is 1. The Kier molecular flexibility index (Phi) is 6.58. The van der Waals surface area contributed by atoms with E-state index in [-0.39, 0.29) is 0 Å². The zero-order valence-electron chi connectivity index (χ0n) is 18.1. The van der Waals surface area contributed by atoms with Gasteiger partial charge in [-0.25, -0.2) is 4.98 Å². The summed E-state index contributed by atoms with van der Waals surface area (Å²) in [5.74, 6) is 3.18. The minimum absolute atomic E-state index is 0.511. The van der Waals surface area contributed by atoms with Gasteiger partial charge in [-0.2, -0.15) is 0 Å². The summed E-state index contributed by atoms with van der Waals surface area (Å²) in [4.78, 5) is 4.13. The van der Waals surface area contributed by atoms with Crippen LogP contribution in [0, 0.1) is 12.3 Å². The molecular weight excluding hydrogens is 394 g/mol. The zero-order chi connectivity index (χ0) is 21.0. The van der Waals surface area contributed by atoms with E-state index in [1.807, 2.05) is 18.5 Å². The van der Waals surface area contributed by atoms with E-state index in [1.165, 1.54) is 31.2 Å². The van der Waals surface area contributed by atoms with Crippen molar-refractivity contribution in [1.29, 1.82) is 0 Å². The van der Waals surface area contributed by atoms with Crippen molar-refractivity contribution in [3.8, 4) is 11.6 Å². The molecule has 0 aliphatic heterocycles. The topological polar surface area (TPSA) is 68.8 Å². The molecule has 1 aromatic carbocycles. The smallest absolute Gasteiger partial charge is 0.202 e. The number of aryl methyl sites for hydroxylation is 1. The predicted octanol–water partition coefficient (Wildman–Crippen LogP) is 4.82. The lowest BCUT2D eigenvalue weighted by molar-refractivity contribution is 0.417. The lowest BCUT2D eigenvalue weighted by Gasteiger charge is -2.16. The summed E-state index contributed by atoms with van der Waals surface area (Å²) in [5.41, 5.74) is 2.86. The molecule has 6 nitrogen and oxygen atoms in total. The molecule has 2 atom stereocenters. The Balaban J connectivity index is 1.16. The molecular formula is C23H31N5OS. The van der Waals surface area contributed by atoms with Gasteiger partial charge in [-0.1, -0.05) is 49.0 Å². The number of hydrogen-bond acceptors (Lipinski definition) is 6. The van der Waals surface area contributed by atoms with Gasteiger partial charge in [-0.15, -0.1) is 10.2 Å². The fourth-order valence-corrected chi connectivity index (χ4v) is 5.18. The molecule has 0 radical (unpaired) electrons. The largest absolute Gasteiger partial charge is 0.440 e. The highest BCUT2D eigenvalue weighted by molar-refractivity contribution is 7.99. The minimum Gasteiger partial charge on any atom is -0.440 e. The van der Waals surface area contributed by atoms with Gasteiger partial charge in [-0.3, -0.25) is 0 Å². The fraction of sp³-hybridized carbons (Fsp3) is 0.522. The summed E-state index contributed by atoms with van der Waals surface area (Å²) in [7, 11) is 1.97. The van der Waals surface area contributed by atoms with Crippen LogP contribution in [0.1, 0.15) is 49.8 Å². The number of benzene rings is 1. The Hall–Kier alpha value is -2.12. The van der Waals surface area contributed by atoms with Crippen molar-refractivity contribution >= 4 is 11.8 Å². The van der Waals surface area contributed by atoms with Crippen LogP contribution in [0.5, 0.6) is 0 Å². The molecule has 1 aliphatic carbocycles. The second-order valence-electron chi connectivity index (χ2n) is 8.22. The van der Waals surface area contributed by atoms with Gasteiger partial charge < -0.3 is 14.3 Å². The first-order chi connectivity index (χ1) is 14.6. The van der Waals surface area contributed by atoms with Gasteiger partial charge >= 0.3 is 0 Å². The van der Waals surface area contributed by atoms with Crippen molar-refractivity contribution in [1.82, 2.24) is 25.1 Å². The Bertz CT molecular complexity index is 954. The summed E-state index contributed by atoms with van der Waals surface area (Å²) < 4.78 is 7.42. The minimum atomic E-state index is 0.511. The summed E-state index contributed by atoms with van der Waals surface area (Å²) in [6, 6.07) is 11.0. The third-order valence-electron chi connectivity index (χ3n) is 6.41. The first-order valence-electron chi connectivity index (χ1n) is 10.8. The lowest BCUT2D eigenvalue weighted by Crippen LogP contribution is -2.21. The molecule has 7 heteroatoms. The average Bonchev–Trinajstić information content (AvgIpc) is 3.17. The van der Waals surface area contributed by atoms with Crippen molar-refractivity contribution in [3.63, 3.8) is 0 Å². The normalized spacial score (nSPS) is 20.6. The van der Waals surface area contributed by atoms with E-state index in [2.05, 4.69) is 57.8 Å². The number of rotatable bonds is 11. The molecule has 1 unspecified atom stereocenters. The second kappa shape index (κ2) is 9.35. The van der Waals surface area contributed by atoms with Gasteiger partial charge in [-0.05, 0) is 62.6 Å². The van der Waals surface area contributed by atoms with E-state index in [9.17, 15) is 0 Å². The van der Waals surface area contributed by atoms with Crippen LogP contribution >= 0.6 is 11.8 Å². The molecule has 0 spiro atoms. The van der Waals surface area contributed by atoms with Gasteiger partial charge in [0.15, 0.2) is 17.3 Å². The van der Waals surface area contributed by atoms with E-state index in [0.717, 1.165) is 47.9 Å². The number of thioether (sulfide) groups is 1. The highest BCUT2D eigenvalue weighted by Crippen LogP contribution is 2.63. The molecule has 1 fully saturated rings. The maximum atomic E-state index is 5.44. The highest BCUT2D eigenvalue weighted by atomic mass is 32.2. The molecule has 3 aromatic rings. The van der Waals surface area contributed by atoms with Crippen molar-refractivity contribution in [2.24, 2.45) is 12.5 Å². The van der Waals surface area contributed by atoms with Crippen molar-refractivity contribution in [2.75, 3.05) is 18.8 Å². The second-order valence-corrected chi connectivity index (χ2v) is 9.28. The van der Waals surface area contributed by atoms with Crippen LogP contribution < -0.4 is 5.32 Å². The Morgan fingerprint density at radius 1 is 1.23 bits per heavy atom. The van der Waals surface area contributed by atoms with Crippen LogP contribution in [0.2, 0.25) is 0 Å². The van der Waals surface area contributed by atoms with Crippen molar-refractivity contribution in [2.45, 2.75) is 50.6 Å². The molecule has 4 rings (SSSR count). The summed E-state index contributed by atoms with van der Waals surface area (Å²) in [5, 5.41) is 13.1. The third kappa shape index (κ3) is 4.47. The summed E-state index contributed by atoms with van der Waals surface area (Å²) >= 11 is 1.74. The summed E-state index contributed by atoms with van der Waals surface area (Å²) in [6.45, 7) is 6.39. The predicted molar refractivity (Wildman–Crippen MR) is 121 cm³/mol. The van der Waals surface area contributed by atoms with E-state index >= 15 is 0 Å². The van der Waals surface area contributed by atoms with Gasteiger partial charge in [0.2, 0.25) is 5.82 Å². The Morgan fingerprint density at radius 2 is 2.07 bits per heavy atom. The van der Waals surface area contributed by atoms with Crippen molar-refractivity contribution < 1.29 is 4.42 Å². The molecule has 2 heterocycles. The highest BCUT2D eigenvalue weighted by Gasteiger charge is 2.52. The van der Waals surface area contributed by atoms with Gasteiger partial charge in [0.25, 0.3) is 0 Å². The van der Waals surface area contributed by atoms with Crippen LogP contribution in [0.4, 0.5) is 0 Å². The molecule has 0 amide bonds. The van der Waals surface area contributed by atoms with E-state index in [1.54, 1.807) is 11.8 Å². The first kappa shape index (κ1) is 21.1. The Labute approximate surface area is 182 Å². The van der Waals surface area contributed by atoms with E-state index in [4.69, 9.17) is 4.42 Å². The zero-order valence-corrected chi connectivity index (χ0v) is 18.9. The molecule has 0 bridgehead atoms. The molecule has 160 valence electrons. The van der Waals surface area contributed by atoms with Crippen LogP contribution in [0.3, 0.4) is 0 Å². The number of aromatic nitrogens is 4. The standard InChI is InChI=1S/C23H31N5OS/c1-4-23(15-19(23)18-9-6-5-7-10-18)11-13-24-12-8-14-30-22-27-26-21(28(22)3)20-17(2)25-16-29-20/h5-7,9-10,16,19,24H,4,8,11-15H2,1-3H3/t19-,23?/m0/s1. The van der Waals surface area contributed by atoms with Gasteiger partial charge in [0.05, 0.1) is 5.69 Å². The molecule has 1 N–H and O–H groups in total. The average molecular weight is 426 g/mol. The fourth-order valence-electron chi connectivity index (χ4n) is 4.33. The maximum absolute atomic E-state index is 5.44. The first-order valence-corrected chi connectivity index (χ1v) is 11.8. The lowest BCUT2D eigenvalue weighted by atomic mass is 9.93. The Morgan fingerprint density at radius 3 is 2.80 bits per heavy atom. The number of oxazole rings is 1. The summed E-state index contributed by atoms with van der Waals surface area (Å²) in [6.07, 6.45) is 6.42. The third-order valence-corrected chi connectivity index (χ3v) is 7.51. The molecule has 1 aliphatic rings. The van der Waals surface area contributed by atoms with E-state index < -0.39 is 0 Å². The van der Waals surface area contributed by atoms with Crippen LogP contribution in [0.15, 0.2) is 46.3 Å². The van der Waals surface area contributed by atoms with Crippen LogP contribution in [0.25, 0.3) is 11.6 Å². The van der Waals surface area contributed by atoms with Crippen LogP contribution in [-0.4, -0.2) is 38.6 Å². The molecule has 30 heavy (non-hydrogen) atoms. The van der Waals surface area contributed by atoms with Crippen LogP contribution in [-0.2, 0) is 7.05 Å². The molecule has 1 saturated carbocycles. The van der Waals surface area contributed by atoms with Gasteiger partial charge in [0.1, 0.15) is 0 Å². The number of nitrogens with one attached hydrogen (secondary N) is 1. The van der Waals surface area contributed by atoms with Gasteiger partial charge in [0, 0.05) is 12.8 Å². The van der Waals surface area contributed by atoms with E-state index in [0.29, 0.717) is 11.2 Å². The monoisotopic (exact) mass is 425 g/mol.